The van der Waals surface area contributed by atoms with E-state index < -0.39 is 6.23 Å². The van der Waals surface area contributed by atoms with Crippen LogP contribution in [-0.4, -0.2) is 78.4 Å². The number of morpholine rings is 1. The van der Waals surface area contributed by atoms with Crippen LogP contribution in [0, 0.1) is 0 Å². The van der Waals surface area contributed by atoms with E-state index in [9.17, 15) is 9.90 Å². The Labute approximate surface area is 198 Å². The summed E-state index contributed by atoms with van der Waals surface area (Å²) in [5, 5.41) is 17.1. The molecule has 10 heteroatoms. The van der Waals surface area contributed by atoms with Crippen LogP contribution < -0.4 is 20.4 Å². The first-order chi connectivity index (χ1) is 16.7. The number of anilines is 3. The summed E-state index contributed by atoms with van der Waals surface area (Å²) in [5.41, 5.74) is 2.45. The Balaban J connectivity index is 1.28. The molecule has 1 aromatic carbocycles. The summed E-state index contributed by atoms with van der Waals surface area (Å²) in [5.74, 6) is 1.45. The van der Waals surface area contributed by atoms with E-state index in [1.165, 1.54) is 0 Å². The summed E-state index contributed by atoms with van der Waals surface area (Å²) >= 11 is 0. The number of hydrogen-bond acceptors (Lipinski definition) is 8. The molecule has 0 radical (unpaired) electrons. The van der Waals surface area contributed by atoms with Crippen LogP contribution in [0.1, 0.15) is 25.7 Å². The number of urea groups is 1. The third-order valence-corrected chi connectivity index (χ3v) is 6.99. The van der Waals surface area contributed by atoms with E-state index in [4.69, 9.17) is 14.5 Å². The fraction of sp³-hybridized carbons (Fsp3) is 0.542. The molecular weight excluding hydrogens is 436 g/mol. The van der Waals surface area contributed by atoms with Crippen LogP contribution in [0.15, 0.2) is 30.5 Å². The lowest BCUT2D eigenvalue weighted by Crippen LogP contribution is -2.64. The Bertz CT molecular complexity index is 1040. The van der Waals surface area contributed by atoms with Gasteiger partial charge in [0.15, 0.2) is 11.6 Å². The smallest absolute Gasteiger partial charge is 0.319 e. The molecule has 2 amide bonds. The molecule has 3 aliphatic heterocycles. The van der Waals surface area contributed by atoms with Crippen molar-refractivity contribution in [3.8, 4) is 11.4 Å². The van der Waals surface area contributed by atoms with Crippen LogP contribution >= 0.6 is 0 Å². The number of rotatable bonds is 4. The van der Waals surface area contributed by atoms with Crippen molar-refractivity contribution >= 4 is 23.2 Å². The molecule has 2 saturated heterocycles. The zero-order valence-electron chi connectivity index (χ0n) is 19.0. The summed E-state index contributed by atoms with van der Waals surface area (Å²) in [4.78, 5) is 25.9. The van der Waals surface area contributed by atoms with E-state index in [-0.39, 0.29) is 18.1 Å². The van der Waals surface area contributed by atoms with Crippen LogP contribution in [0.25, 0.3) is 11.4 Å². The van der Waals surface area contributed by atoms with Crippen molar-refractivity contribution in [1.29, 1.82) is 0 Å². The van der Waals surface area contributed by atoms with Crippen LogP contribution in [0.5, 0.6) is 0 Å². The molecule has 4 aliphatic rings. The van der Waals surface area contributed by atoms with Gasteiger partial charge in [0.25, 0.3) is 0 Å². The van der Waals surface area contributed by atoms with Gasteiger partial charge in [0.05, 0.1) is 25.5 Å². The molecular formula is C24H30N6O4. The fourth-order valence-corrected chi connectivity index (χ4v) is 5.02. The van der Waals surface area contributed by atoms with Crippen molar-refractivity contribution in [2.45, 2.75) is 50.0 Å². The fourth-order valence-electron chi connectivity index (χ4n) is 5.02. The van der Waals surface area contributed by atoms with Gasteiger partial charge in [0, 0.05) is 43.1 Å². The maximum absolute atomic E-state index is 12.0. The highest BCUT2D eigenvalue weighted by molar-refractivity contribution is 5.90. The molecule has 1 aromatic heterocycles. The number of carbonyl (C=O) groups excluding carboxylic acids is 1. The maximum Gasteiger partial charge on any atom is 0.319 e. The van der Waals surface area contributed by atoms with Gasteiger partial charge < -0.3 is 35.0 Å². The molecule has 4 heterocycles. The minimum atomic E-state index is -0.683. The van der Waals surface area contributed by atoms with Gasteiger partial charge in [-0.15, -0.1) is 0 Å². The number of ether oxygens (including phenoxy) is 2. The average Bonchev–Trinajstić information content (AvgIpc) is 3.69. The maximum atomic E-state index is 12.0. The zero-order chi connectivity index (χ0) is 23.1. The summed E-state index contributed by atoms with van der Waals surface area (Å²) < 4.78 is 11.3. The highest BCUT2D eigenvalue weighted by Crippen LogP contribution is 2.40. The number of aliphatic hydroxyl groups excluding tert-OH is 1. The SMILES string of the molecule is O=C(Nc1ccc(-c2ncc3c(n2)N2CCOCC2C(O)N3C2CCOCC2)cc1)NC1CC1. The number of nitrogens with zero attached hydrogens (tertiary/aromatic N) is 4. The van der Waals surface area contributed by atoms with Crippen molar-refractivity contribution in [2.75, 3.05) is 48.1 Å². The van der Waals surface area contributed by atoms with Gasteiger partial charge in [-0.1, -0.05) is 0 Å². The Morgan fingerprint density at radius 3 is 2.62 bits per heavy atom. The minimum absolute atomic E-state index is 0.174. The van der Waals surface area contributed by atoms with Gasteiger partial charge in [0.1, 0.15) is 11.9 Å². The van der Waals surface area contributed by atoms with Crippen LogP contribution in [0.3, 0.4) is 0 Å². The molecule has 6 rings (SSSR count). The summed E-state index contributed by atoms with van der Waals surface area (Å²) in [6.07, 6.45) is 4.96. The summed E-state index contributed by atoms with van der Waals surface area (Å²) in [6, 6.07) is 7.69. The molecule has 0 bridgehead atoms. The predicted octanol–water partition coefficient (Wildman–Crippen LogP) is 1.95. The number of benzene rings is 1. The standard InChI is InChI=1S/C24H30N6O4/c31-23-20-14-34-12-9-29(20)22-19(30(23)18-7-10-33-11-8-18)13-25-21(28-22)15-1-3-16(4-2-15)26-24(32)27-17-5-6-17/h1-4,13,17-18,20,23,31H,5-12,14H2,(H2,26,27,32). The molecule has 2 aromatic rings. The summed E-state index contributed by atoms with van der Waals surface area (Å²) in [6.45, 7) is 3.11. The van der Waals surface area contributed by atoms with E-state index in [0.29, 0.717) is 44.8 Å². The lowest BCUT2D eigenvalue weighted by Gasteiger charge is -2.51. The van der Waals surface area contributed by atoms with Crippen LogP contribution in [0.2, 0.25) is 0 Å². The Morgan fingerprint density at radius 1 is 1.06 bits per heavy atom. The third kappa shape index (κ3) is 4.17. The Kier molecular flexibility index (Phi) is 5.72. The van der Waals surface area contributed by atoms with E-state index >= 15 is 0 Å². The van der Waals surface area contributed by atoms with Gasteiger partial charge in [-0.2, -0.15) is 0 Å². The van der Waals surface area contributed by atoms with Crippen LogP contribution in [0.4, 0.5) is 22.0 Å². The first kappa shape index (κ1) is 21.6. The van der Waals surface area contributed by atoms with E-state index in [1.807, 2.05) is 30.5 Å². The van der Waals surface area contributed by atoms with Crippen molar-refractivity contribution in [3.63, 3.8) is 0 Å². The number of amides is 2. The lowest BCUT2D eigenvalue weighted by atomic mass is 10.0. The molecule has 1 aliphatic carbocycles. The molecule has 10 nitrogen and oxygen atoms in total. The molecule has 34 heavy (non-hydrogen) atoms. The molecule has 3 N–H and O–H groups in total. The Hall–Kier alpha value is -2.95. The lowest BCUT2D eigenvalue weighted by molar-refractivity contribution is 0.0163. The second kappa shape index (κ2) is 9.01. The van der Waals surface area contributed by atoms with Gasteiger partial charge in [-0.3, -0.25) is 0 Å². The zero-order valence-corrected chi connectivity index (χ0v) is 19.0. The second-order valence-corrected chi connectivity index (χ2v) is 9.35. The highest BCUT2D eigenvalue weighted by Gasteiger charge is 2.44. The average molecular weight is 467 g/mol. The second-order valence-electron chi connectivity index (χ2n) is 9.35. The van der Waals surface area contributed by atoms with E-state index in [2.05, 4.69) is 25.4 Å². The molecule has 0 spiro atoms. The van der Waals surface area contributed by atoms with Crippen LogP contribution in [-0.2, 0) is 9.47 Å². The number of fused-ring (bicyclic) bond motifs is 3. The quantitative estimate of drug-likeness (QED) is 0.627. The van der Waals surface area contributed by atoms with Gasteiger partial charge in [-0.25, -0.2) is 14.8 Å². The van der Waals surface area contributed by atoms with Gasteiger partial charge >= 0.3 is 6.03 Å². The van der Waals surface area contributed by atoms with Gasteiger partial charge in [0.2, 0.25) is 0 Å². The molecule has 180 valence electrons. The molecule has 2 atom stereocenters. The number of aliphatic hydroxyl groups is 1. The number of carbonyl (C=O) groups is 1. The predicted molar refractivity (Wildman–Crippen MR) is 127 cm³/mol. The van der Waals surface area contributed by atoms with E-state index in [0.717, 1.165) is 48.4 Å². The van der Waals surface area contributed by atoms with Crippen molar-refractivity contribution < 1.29 is 19.4 Å². The van der Waals surface area contributed by atoms with Crippen molar-refractivity contribution in [1.82, 2.24) is 15.3 Å². The van der Waals surface area contributed by atoms with Crippen molar-refractivity contribution in [2.24, 2.45) is 0 Å². The molecule has 1 saturated carbocycles. The molecule has 3 fully saturated rings. The minimum Gasteiger partial charge on any atom is -0.381 e. The highest BCUT2D eigenvalue weighted by atomic mass is 16.5. The summed E-state index contributed by atoms with van der Waals surface area (Å²) in [7, 11) is 0. The molecule has 2 unspecified atom stereocenters. The largest absolute Gasteiger partial charge is 0.381 e. The number of aromatic nitrogens is 2. The first-order valence-corrected chi connectivity index (χ1v) is 12.1. The van der Waals surface area contributed by atoms with Crippen molar-refractivity contribution in [3.05, 3.63) is 30.5 Å². The third-order valence-electron chi connectivity index (χ3n) is 6.99. The topological polar surface area (TPSA) is 112 Å². The number of nitrogens with one attached hydrogen (secondary N) is 2. The normalized spacial score (nSPS) is 24.9. The van der Waals surface area contributed by atoms with Gasteiger partial charge in [-0.05, 0) is 49.9 Å². The monoisotopic (exact) mass is 466 g/mol. The first-order valence-electron chi connectivity index (χ1n) is 12.1. The Morgan fingerprint density at radius 2 is 1.85 bits per heavy atom. The van der Waals surface area contributed by atoms with E-state index in [1.54, 1.807) is 0 Å². The number of hydrogen-bond donors (Lipinski definition) is 3.